The average Bonchev–Trinajstić information content (AvgIpc) is 3.13. The van der Waals surface area contributed by atoms with Crippen LogP contribution in [-0.2, 0) is 4.74 Å². The molecule has 3 rings (SSSR count). The summed E-state index contributed by atoms with van der Waals surface area (Å²) in [7, 11) is 0. The van der Waals surface area contributed by atoms with Gasteiger partial charge >= 0.3 is 5.97 Å². The molecule has 0 bridgehead atoms. The number of nitrogens with zero attached hydrogens (tertiary/aromatic N) is 1. The lowest BCUT2D eigenvalue weighted by molar-refractivity contribution is 0.0696. The lowest BCUT2D eigenvalue weighted by atomic mass is 9.97. The largest absolute Gasteiger partial charge is 0.493 e. The summed E-state index contributed by atoms with van der Waals surface area (Å²) in [6, 6.07) is 12.6. The van der Waals surface area contributed by atoms with Crippen molar-refractivity contribution < 1.29 is 19.4 Å². The number of aromatic carboxylic acids is 1. The minimum Gasteiger partial charge on any atom is -0.493 e. The van der Waals surface area contributed by atoms with E-state index in [9.17, 15) is 15.2 Å². The van der Waals surface area contributed by atoms with Crippen LogP contribution in [-0.4, -0.2) is 30.9 Å². The number of carboxylic acid groups (broad SMARTS) is 1. The maximum Gasteiger partial charge on any atom is 0.335 e. The molecular weight excluding hydrogens is 318 g/mol. The second-order valence-corrected chi connectivity index (χ2v) is 6.25. The molecule has 25 heavy (non-hydrogen) atoms. The van der Waals surface area contributed by atoms with Gasteiger partial charge in [-0.1, -0.05) is 12.1 Å². The molecule has 1 atom stereocenters. The Hall–Kier alpha value is -2.84. The third-order valence-electron chi connectivity index (χ3n) is 4.27. The SMILES string of the molecule is Cc1ccc(-c2cc(OCC3CCOC3)cc(C(=O)O)c2)c(C#N)c1. The van der Waals surface area contributed by atoms with Crippen molar-refractivity contribution in [3.63, 3.8) is 0 Å². The van der Waals surface area contributed by atoms with Crippen molar-refractivity contribution in [3.05, 3.63) is 53.1 Å². The van der Waals surface area contributed by atoms with Crippen molar-refractivity contribution in [2.75, 3.05) is 19.8 Å². The van der Waals surface area contributed by atoms with Crippen LogP contribution < -0.4 is 4.74 Å². The summed E-state index contributed by atoms with van der Waals surface area (Å²) in [6.45, 7) is 3.81. The molecule has 1 aliphatic rings. The van der Waals surface area contributed by atoms with Crippen molar-refractivity contribution >= 4 is 5.97 Å². The third-order valence-corrected chi connectivity index (χ3v) is 4.27. The zero-order chi connectivity index (χ0) is 17.8. The number of hydrogen-bond acceptors (Lipinski definition) is 4. The second-order valence-electron chi connectivity index (χ2n) is 6.25. The Balaban J connectivity index is 1.95. The first-order valence-electron chi connectivity index (χ1n) is 8.17. The Bertz CT molecular complexity index is 832. The molecule has 0 radical (unpaired) electrons. The number of ether oxygens (including phenoxy) is 2. The van der Waals surface area contributed by atoms with E-state index in [1.807, 2.05) is 19.1 Å². The third kappa shape index (κ3) is 3.98. The molecule has 0 saturated carbocycles. The van der Waals surface area contributed by atoms with Crippen LogP contribution in [0.2, 0.25) is 0 Å². The summed E-state index contributed by atoms with van der Waals surface area (Å²) >= 11 is 0. The molecule has 1 N–H and O–H groups in total. The van der Waals surface area contributed by atoms with Crippen molar-refractivity contribution in [2.24, 2.45) is 5.92 Å². The van der Waals surface area contributed by atoms with E-state index in [1.54, 1.807) is 18.2 Å². The molecule has 2 aromatic rings. The van der Waals surface area contributed by atoms with E-state index in [0.717, 1.165) is 18.6 Å². The van der Waals surface area contributed by atoms with Crippen molar-refractivity contribution in [3.8, 4) is 22.9 Å². The highest BCUT2D eigenvalue weighted by Crippen LogP contribution is 2.30. The Morgan fingerprint density at radius 1 is 1.36 bits per heavy atom. The van der Waals surface area contributed by atoms with Gasteiger partial charge in [-0.25, -0.2) is 4.79 Å². The monoisotopic (exact) mass is 337 g/mol. The van der Waals surface area contributed by atoms with Crippen LogP contribution in [0.1, 0.15) is 27.9 Å². The van der Waals surface area contributed by atoms with Crippen LogP contribution in [0, 0.1) is 24.2 Å². The van der Waals surface area contributed by atoms with E-state index in [0.29, 0.717) is 41.6 Å². The summed E-state index contributed by atoms with van der Waals surface area (Å²) in [6.07, 6.45) is 0.946. The quantitative estimate of drug-likeness (QED) is 0.901. The molecule has 1 heterocycles. The van der Waals surface area contributed by atoms with Gasteiger partial charge in [-0.2, -0.15) is 5.26 Å². The van der Waals surface area contributed by atoms with E-state index in [2.05, 4.69) is 6.07 Å². The highest BCUT2D eigenvalue weighted by atomic mass is 16.5. The number of hydrogen-bond donors (Lipinski definition) is 1. The fraction of sp³-hybridized carbons (Fsp3) is 0.300. The van der Waals surface area contributed by atoms with Gasteiger partial charge in [-0.05, 0) is 54.3 Å². The predicted octanol–water partition coefficient (Wildman–Crippen LogP) is 3.65. The molecule has 0 aromatic heterocycles. The van der Waals surface area contributed by atoms with E-state index in [4.69, 9.17) is 9.47 Å². The number of aryl methyl sites for hydroxylation is 1. The van der Waals surface area contributed by atoms with E-state index in [1.165, 1.54) is 6.07 Å². The summed E-state index contributed by atoms with van der Waals surface area (Å²) < 4.78 is 11.1. The van der Waals surface area contributed by atoms with E-state index >= 15 is 0 Å². The normalized spacial score (nSPS) is 16.4. The van der Waals surface area contributed by atoms with Gasteiger partial charge in [-0.15, -0.1) is 0 Å². The standard InChI is InChI=1S/C20H19NO4/c1-13-2-3-19(17(6-13)10-21)15-7-16(20(22)23)9-18(8-15)25-12-14-4-5-24-11-14/h2-3,6-9,14H,4-5,11-12H2,1H3,(H,22,23). The maximum absolute atomic E-state index is 11.5. The Kier molecular flexibility index (Phi) is 5.01. The first kappa shape index (κ1) is 17.0. The number of carbonyl (C=O) groups is 1. The van der Waals surface area contributed by atoms with Gasteiger partial charge in [0.05, 0.1) is 30.4 Å². The minimum absolute atomic E-state index is 0.139. The molecule has 1 saturated heterocycles. The Morgan fingerprint density at radius 2 is 2.20 bits per heavy atom. The molecule has 0 amide bonds. The first-order valence-corrected chi connectivity index (χ1v) is 8.17. The van der Waals surface area contributed by atoms with Crippen LogP contribution >= 0.6 is 0 Å². The maximum atomic E-state index is 11.5. The zero-order valence-corrected chi connectivity index (χ0v) is 14.0. The first-order chi connectivity index (χ1) is 12.1. The summed E-state index contributed by atoms with van der Waals surface area (Å²) in [4.78, 5) is 11.5. The zero-order valence-electron chi connectivity index (χ0n) is 14.0. The van der Waals surface area contributed by atoms with Crippen molar-refractivity contribution in [1.82, 2.24) is 0 Å². The van der Waals surface area contributed by atoms with Crippen molar-refractivity contribution in [1.29, 1.82) is 5.26 Å². The van der Waals surface area contributed by atoms with Gasteiger partial charge in [0, 0.05) is 12.5 Å². The predicted molar refractivity (Wildman–Crippen MR) is 92.7 cm³/mol. The van der Waals surface area contributed by atoms with Crippen LogP contribution in [0.3, 0.4) is 0 Å². The van der Waals surface area contributed by atoms with Gasteiger partial charge in [0.25, 0.3) is 0 Å². The second kappa shape index (κ2) is 7.37. The summed E-state index contributed by atoms with van der Waals surface area (Å²) in [5.41, 5.74) is 2.99. The topological polar surface area (TPSA) is 79.6 Å². The van der Waals surface area contributed by atoms with E-state index in [-0.39, 0.29) is 5.56 Å². The van der Waals surface area contributed by atoms with Crippen LogP contribution in [0.5, 0.6) is 5.75 Å². The number of rotatable bonds is 5. The molecule has 0 aliphatic carbocycles. The number of benzene rings is 2. The van der Waals surface area contributed by atoms with Gasteiger partial charge in [-0.3, -0.25) is 0 Å². The number of carboxylic acids is 1. The molecule has 5 heteroatoms. The minimum atomic E-state index is -1.03. The van der Waals surface area contributed by atoms with E-state index < -0.39 is 5.97 Å². The Labute approximate surface area is 146 Å². The highest BCUT2D eigenvalue weighted by Gasteiger charge is 2.17. The van der Waals surface area contributed by atoms with Gasteiger partial charge < -0.3 is 14.6 Å². The molecule has 0 spiro atoms. The van der Waals surface area contributed by atoms with Gasteiger partial charge in [0.2, 0.25) is 0 Å². The van der Waals surface area contributed by atoms with Gasteiger partial charge in [0.15, 0.2) is 0 Å². The van der Waals surface area contributed by atoms with Gasteiger partial charge in [0.1, 0.15) is 5.75 Å². The molecule has 1 fully saturated rings. The number of nitriles is 1. The van der Waals surface area contributed by atoms with Crippen LogP contribution in [0.25, 0.3) is 11.1 Å². The molecule has 128 valence electrons. The smallest absolute Gasteiger partial charge is 0.335 e. The Morgan fingerprint density at radius 3 is 2.88 bits per heavy atom. The summed E-state index contributed by atoms with van der Waals surface area (Å²) in [5.74, 6) is -0.209. The van der Waals surface area contributed by atoms with Crippen LogP contribution in [0.15, 0.2) is 36.4 Å². The average molecular weight is 337 g/mol. The fourth-order valence-electron chi connectivity index (χ4n) is 2.89. The summed E-state index contributed by atoms with van der Waals surface area (Å²) in [5, 5.41) is 18.8. The highest BCUT2D eigenvalue weighted by molar-refractivity contribution is 5.90. The molecule has 1 aliphatic heterocycles. The van der Waals surface area contributed by atoms with Crippen molar-refractivity contribution in [2.45, 2.75) is 13.3 Å². The fourth-order valence-corrected chi connectivity index (χ4v) is 2.89. The lowest BCUT2D eigenvalue weighted by Gasteiger charge is -2.13. The lowest BCUT2D eigenvalue weighted by Crippen LogP contribution is -2.12. The molecule has 5 nitrogen and oxygen atoms in total. The molecular formula is C20H19NO4. The molecule has 1 unspecified atom stereocenters. The molecule has 2 aromatic carbocycles. The van der Waals surface area contributed by atoms with Crippen LogP contribution in [0.4, 0.5) is 0 Å².